The molecule has 2 aromatic carbocycles. The van der Waals surface area contributed by atoms with Gasteiger partial charge in [-0.15, -0.1) is 0 Å². The summed E-state index contributed by atoms with van der Waals surface area (Å²) in [6, 6.07) is 18.5. The Bertz CT molecular complexity index is 1410. The van der Waals surface area contributed by atoms with Gasteiger partial charge >= 0.3 is 11.9 Å². The van der Waals surface area contributed by atoms with Gasteiger partial charge in [-0.1, -0.05) is 75.2 Å². The molecule has 1 N–H and O–H groups in total. The smallest absolute Gasteiger partial charge is 0.338 e. The Morgan fingerprint density at radius 2 is 1.54 bits per heavy atom. The SMILES string of the molecule is C[C@H](CCCC(C)(C)OC(=O)c1ccccc1)[C@H]1CC[C@H]2[C@H]3C(CC[C@]12C)C1(C)CC[C@H](OC(=O)c2ccccc2)CC1=C[C@H]3O. The molecule has 9 atom stereocenters. The van der Waals surface area contributed by atoms with Crippen LogP contribution in [0.15, 0.2) is 72.3 Å². The number of carbonyl (C=O) groups is 2. The zero-order valence-corrected chi connectivity index (χ0v) is 28.5. The standard InChI is InChI=1S/C41H54O5/c1-27(13-12-22-39(2,3)46-38(44)29-16-10-7-11-17-29)32-18-19-33-36-34(21-24-41(32,33)5)40(4)23-20-31(25-30(40)26-35(36)42)45-37(43)28-14-8-6-9-15-28/h6-11,14-17,26-27,31-36,42H,12-13,18-25H2,1-5H3/t27-,31+,32-,33+,34?,35-,36+,40?,41-/m1/s1. The average molecular weight is 627 g/mol. The molecule has 0 radical (unpaired) electrons. The maximum absolute atomic E-state index is 12.8. The number of benzene rings is 2. The van der Waals surface area contributed by atoms with Gasteiger partial charge in [0, 0.05) is 6.42 Å². The highest BCUT2D eigenvalue weighted by Crippen LogP contribution is 2.67. The van der Waals surface area contributed by atoms with E-state index in [9.17, 15) is 14.7 Å². The Kier molecular flexibility index (Phi) is 9.28. The Morgan fingerprint density at radius 1 is 0.891 bits per heavy atom. The Morgan fingerprint density at radius 3 is 2.22 bits per heavy atom. The van der Waals surface area contributed by atoms with E-state index in [1.165, 1.54) is 24.8 Å². The van der Waals surface area contributed by atoms with Crippen molar-refractivity contribution in [3.05, 3.63) is 83.4 Å². The molecule has 0 aliphatic heterocycles. The van der Waals surface area contributed by atoms with Gasteiger partial charge in [0.15, 0.2) is 0 Å². The van der Waals surface area contributed by atoms with E-state index in [1.807, 2.05) is 62.4 Å². The lowest BCUT2D eigenvalue weighted by Crippen LogP contribution is -2.55. The van der Waals surface area contributed by atoms with E-state index >= 15 is 0 Å². The van der Waals surface area contributed by atoms with Crippen LogP contribution in [0.1, 0.15) is 120 Å². The van der Waals surface area contributed by atoms with Crippen molar-refractivity contribution in [2.24, 2.45) is 40.4 Å². The van der Waals surface area contributed by atoms with Gasteiger partial charge < -0.3 is 14.6 Å². The summed E-state index contributed by atoms with van der Waals surface area (Å²) in [6.07, 6.45) is 12.0. The molecule has 3 saturated carbocycles. The monoisotopic (exact) mass is 626 g/mol. The van der Waals surface area contributed by atoms with Crippen LogP contribution >= 0.6 is 0 Å². The fraction of sp³-hybridized carbons (Fsp3) is 0.610. The predicted octanol–water partition coefficient (Wildman–Crippen LogP) is 9.20. The van der Waals surface area contributed by atoms with E-state index in [2.05, 4.69) is 26.8 Å². The molecule has 2 aromatic rings. The number of carbonyl (C=O) groups excluding carboxylic acids is 2. The molecule has 6 rings (SSSR count). The number of ether oxygens (including phenoxy) is 2. The normalized spacial score (nSPS) is 34.3. The van der Waals surface area contributed by atoms with Crippen molar-refractivity contribution in [3.63, 3.8) is 0 Å². The summed E-state index contributed by atoms with van der Waals surface area (Å²) in [5, 5.41) is 11.7. The molecule has 5 heteroatoms. The van der Waals surface area contributed by atoms with Crippen LogP contribution in [0, 0.1) is 40.4 Å². The third kappa shape index (κ3) is 6.33. The lowest BCUT2D eigenvalue weighted by Gasteiger charge is -2.59. The van der Waals surface area contributed by atoms with Crippen LogP contribution in [0.3, 0.4) is 0 Å². The Balaban J connectivity index is 1.07. The van der Waals surface area contributed by atoms with E-state index in [-0.39, 0.29) is 28.9 Å². The largest absolute Gasteiger partial charge is 0.458 e. The van der Waals surface area contributed by atoms with Crippen LogP contribution in [0.5, 0.6) is 0 Å². The van der Waals surface area contributed by atoms with E-state index in [0.717, 1.165) is 44.9 Å². The summed E-state index contributed by atoms with van der Waals surface area (Å²) in [5.74, 6) is 2.03. The summed E-state index contributed by atoms with van der Waals surface area (Å²) >= 11 is 0. The highest BCUT2D eigenvalue weighted by molar-refractivity contribution is 5.90. The highest BCUT2D eigenvalue weighted by atomic mass is 16.6. The van der Waals surface area contributed by atoms with Crippen LogP contribution in [0.25, 0.3) is 0 Å². The summed E-state index contributed by atoms with van der Waals surface area (Å²) in [6.45, 7) is 11.5. The van der Waals surface area contributed by atoms with Crippen LogP contribution in [0.2, 0.25) is 0 Å². The zero-order valence-electron chi connectivity index (χ0n) is 28.5. The Labute approximate surface area is 276 Å². The molecular weight excluding hydrogens is 572 g/mol. The van der Waals surface area contributed by atoms with Crippen molar-refractivity contribution < 1.29 is 24.2 Å². The van der Waals surface area contributed by atoms with Crippen LogP contribution in [-0.2, 0) is 9.47 Å². The van der Waals surface area contributed by atoms with Crippen molar-refractivity contribution in [2.75, 3.05) is 0 Å². The first-order chi connectivity index (χ1) is 21.9. The molecule has 3 fully saturated rings. The first-order valence-corrected chi connectivity index (χ1v) is 17.8. The van der Waals surface area contributed by atoms with Crippen molar-refractivity contribution in [2.45, 2.75) is 117 Å². The number of fused-ring (bicyclic) bond motifs is 5. The molecule has 0 aromatic heterocycles. The van der Waals surface area contributed by atoms with Crippen LogP contribution in [-0.4, -0.2) is 34.9 Å². The molecule has 0 saturated heterocycles. The van der Waals surface area contributed by atoms with Gasteiger partial charge in [0.2, 0.25) is 0 Å². The second-order valence-corrected chi connectivity index (χ2v) is 16.1. The van der Waals surface area contributed by atoms with Gasteiger partial charge in [0.1, 0.15) is 11.7 Å². The minimum Gasteiger partial charge on any atom is -0.458 e. The molecule has 4 aliphatic carbocycles. The first kappa shape index (κ1) is 33.0. The molecule has 0 bridgehead atoms. The van der Waals surface area contributed by atoms with E-state index in [1.54, 1.807) is 12.1 Å². The van der Waals surface area contributed by atoms with Crippen LogP contribution in [0.4, 0.5) is 0 Å². The molecule has 0 spiro atoms. The third-order valence-corrected chi connectivity index (χ3v) is 12.9. The lowest BCUT2D eigenvalue weighted by atomic mass is 9.46. The molecular formula is C41H54O5. The second kappa shape index (κ2) is 12.9. The third-order valence-electron chi connectivity index (χ3n) is 12.9. The second-order valence-electron chi connectivity index (χ2n) is 16.1. The van der Waals surface area contributed by atoms with Crippen molar-refractivity contribution >= 4 is 11.9 Å². The van der Waals surface area contributed by atoms with Crippen molar-refractivity contribution in [1.82, 2.24) is 0 Å². The quantitative estimate of drug-likeness (QED) is 0.222. The van der Waals surface area contributed by atoms with E-state index in [0.29, 0.717) is 40.7 Å². The predicted molar refractivity (Wildman–Crippen MR) is 181 cm³/mol. The fourth-order valence-electron chi connectivity index (χ4n) is 10.5. The van der Waals surface area contributed by atoms with Gasteiger partial charge in [-0.3, -0.25) is 0 Å². The topological polar surface area (TPSA) is 72.8 Å². The van der Waals surface area contributed by atoms with E-state index < -0.39 is 11.7 Å². The van der Waals surface area contributed by atoms with Gasteiger partial charge in [-0.2, -0.15) is 0 Å². The molecule has 5 nitrogen and oxygen atoms in total. The Hall–Kier alpha value is -2.92. The minimum atomic E-state index is -0.503. The number of hydrogen-bond donors (Lipinski definition) is 1. The fourth-order valence-corrected chi connectivity index (χ4v) is 10.5. The molecule has 0 amide bonds. The number of aliphatic hydroxyl groups excluding tert-OH is 1. The summed E-state index contributed by atoms with van der Waals surface area (Å²) < 4.78 is 11.9. The van der Waals surface area contributed by atoms with E-state index in [4.69, 9.17) is 9.47 Å². The minimum absolute atomic E-state index is 0.0628. The zero-order chi connectivity index (χ0) is 32.7. The number of aliphatic hydroxyl groups is 1. The molecule has 4 aliphatic rings. The molecule has 248 valence electrons. The number of rotatable bonds is 9. The first-order valence-electron chi connectivity index (χ1n) is 17.8. The summed E-state index contributed by atoms with van der Waals surface area (Å²) in [7, 11) is 0. The van der Waals surface area contributed by atoms with Crippen LogP contribution < -0.4 is 0 Å². The molecule has 46 heavy (non-hydrogen) atoms. The average Bonchev–Trinajstić information content (AvgIpc) is 3.39. The van der Waals surface area contributed by atoms with Gasteiger partial charge in [0.25, 0.3) is 0 Å². The van der Waals surface area contributed by atoms with Gasteiger partial charge in [-0.25, -0.2) is 9.59 Å². The number of hydrogen-bond acceptors (Lipinski definition) is 5. The molecule has 2 unspecified atom stereocenters. The van der Waals surface area contributed by atoms with Crippen molar-refractivity contribution in [3.8, 4) is 0 Å². The summed E-state index contributed by atoms with van der Waals surface area (Å²) in [4.78, 5) is 25.5. The maximum Gasteiger partial charge on any atom is 0.338 e. The lowest BCUT2D eigenvalue weighted by molar-refractivity contribution is -0.0979. The van der Waals surface area contributed by atoms with Crippen molar-refractivity contribution in [1.29, 1.82) is 0 Å². The summed E-state index contributed by atoms with van der Waals surface area (Å²) in [5.41, 5.74) is 2.30. The highest BCUT2D eigenvalue weighted by Gasteiger charge is 2.61. The number of esters is 2. The van der Waals surface area contributed by atoms with Gasteiger partial charge in [0.05, 0.1) is 17.2 Å². The maximum atomic E-state index is 12.8. The van der Waals surface area contributed by atoms with Gasteiger partial charge in [-0.05, 0) is 130 Å². The molecule has 0 heterocycles.